The van der Waals surface area contributed by atoms with E-state index in [0.29, 0.717) is 44.3 Å². The van der Waals surface area contributed by atoms with Crippen molar-refractivity contribution in [3.05, 3.63) is 51.6 Å². The number of nitrogens with zero attached hydrogens (tertiary/aromatic N) is 7. The van der Waals surface area contributed by atoms with E-state index in [2.05, 4.69) is 114 Å². The Bertz CT molecular complexity index is 1310. The fourth-order valence-electron chi connectivity index (χ4n) is 3.67. The molecule has 1 aliphatic heterocycles. The molecule has 44 heavy (non-hydrogen) atoms. The first-order chi connectivity index (χ1) is 20.8. The number of rotatable bonds is 3. The normalized spacial score (nSPS) is 18.9. The van der Waals surface area contributed by atoms with Gasteiger partial charge in [0.05, 0.1) is 53.6 Å². The summed E-state index contributed by atoms with van der Waals surface area (Å²) in [6.45, 7) is 8.43. The SMILES string of the molecule is CC1(C)OB(C2CC2)OC1(C)C.Nc1cnc(Br)cn1.Nc1cnc(C2CC2)cn1.Nc1ncc(C2CC2)nc1Br.[B]=NS. The standard InChI is InChI=1S/C9H17BO2.C7H8BrN3.C7H9N3.C4H4BrN3.BHNS/c1-8(2)9(3,4)12-10(11-8)7-5-6-7;8-6-7(9)10-3-5(11-6)4-1-2-4;8-7-4-9-6(3-10-7)5-1-2-5;5-3-1-8-4(6)2-7-3;1-2-3/h7H,5-6H2,1-4H3;3-4H,1-2H2,(H2,9,10);3-5H,1-2H2,(H2,8,10);1-2H,(H2,6,8);3H. The molecule has 3 aliphatic carbocycles. The summed E-state index contributed by atoms with van der Waals surface area (Å²) >= 11 is 9.55. The average molecular weight is 749 g/mol. The zero-order valence-corrected chi connectivity index (χ0v) is 29.5. The molecule has 0 amide bonds. The van der Waals surface area contributed by atoms with Crippen LogP contribution in [-0.2, 0) is 9.31 Å². The second-order valence-corrected chi connectivity index (χ2v) is 13.5. The molecule has 235 valence electrons. The number of thiol groups is 1. The minimum absolute atomic E-state index is 0.0648. The van der Waals surface area contributed by atoms with Gasteiger partial charge < -0.3 is 26.5 Å². The van der Waals surface area contributed by atoms with E-state index in [-0.39, 0.29) is 18.3 Å². The molecule has 4 fully saturated rings. The number of nitrogen functional groups attached to an aromatic ring is 3. The third kappa shape index (κ3) is 12.0. The van der Waals surface area contributed by atoms with Crippen molar-refractivity contribution >= 4 is 76.9 Å². The van der Waals surface area contributed by atoms with Gasteiger partial charge in [0.15, 0.2) is 5.82 Å². The van der Waals surface area contributed by atoms with E-state index < -0.39 is 0 Å². The summed E-state index contributed by atoms with van der Waals surface area (Å²) in [5.41, 5.74) is 18.0. The van der Waals surface area contributed by atoms with Crippen LogP contribution >= 0.6 is 44.7 Å². The summed E-state index contributed by atoms with van der Waals surface area (Å²) in [5, 5.41) is 0. The van der Waals surface area contributed by atoms with Crippen LogP contribution in [0.5, 0.6) is 0 Å². The third-order valence-electron chi connectivity index (χ3n) is 7.38. The molecule has 0 aromatic carbocycles. The number of nitrogens with two attached hydrogens (primary N) is 3. The summed E-state index contributed by atoms with van der Waals surface area (Å²) in [6.07, 6.45) is 15.7. The van der Waals surface area contributed by atoms with Crippen LogP contribution < -0.4 is 17.2 Å². The zero-order chi connectivity index (χ0) is 32.5. The van der Waals surface area contributed by atoms with Gasteiger partial charge in [-0.05, 0) is 91.1 Å². The predicted octanol–water partition coefficient (Wildman–Crippen LogP) is 5.88. The van der Waals surface area contributed by atoms with Crippen LogP contribution in [0.3, 0.4) is 0 Å². The molecule has 12 nitrogen and oxygen atoms in total. The molecule has 7 rings (SSSR count). The molecule has 0 spiro atoms. The quantitative estimate of drug-likeness (QED) is 0.185. The molecule has 4 heterocycles. The average Bonchev–Trinajstić information content (AvgIpc) is 3.83. The fourth-order valence-corrected chi connectivity index (χ4v) is 4.19. The van der Waals surface area contributed by atoms with Gasteiger partial charge in [0.2, 0.25) is 0 Å². The monoisotopic (exact) mass is 747 g/mol. The number of halogens is 2. The van der Waals surface area contributed by atoms with Crippen LogP contribution in [0.1, 0.15) is 89.4 Å². The molecule has 0 bridgehead atoms. The van der Waals surface area contributed by atoms with Crippen LogP contribution in [0.25, 0.3) is 0 Å². The molecular weight excluding hydrogens is 710 g/mol. The molecule has 0 atom stereocenters. The molecule has 6 N–H and O–H groups in total. The first kappa shape index (κ1) is 36.3. The van der Waals surface area contributed by atoms with E-state index in [1.807, 2.05) is 0 Å². The van der Waals surface area contributed by atoms with Crippen LogP contribution in [0, 0.1) is 0 Å². The molecule has 17 heteroatoms. The predicted molar refractivity (Wildman–Crippen MR) is 185 cm³/mol. The van der Waals surface area contributed by atoms with Crippen LogP contribution in [0.15, 0.2) is 44.5 Å². The van der Waals surface area contributed by atoms with E-state index in [1.165, 1.54) is 44.7 Å². The Balaban J connectivity index is 0.000000157. The van der Waals surface area contributed by atoms with E-state index >= 15 is 0 Å². The van der Waals surface area contributed by atoms with Crippen molar-refractivity contribution in [2.24, 2.45) is 4.30 Å². The van der Waals surface area contributed by atoms with E-state index in [4.69, 9.17) is 26.5 Å². The van der Waals surface area contributed by atoms with E-state index in [9.17, 15) is 0 Å². The Hall–Kier alpha value is -2.20. The van der Waals surface area contributed by atoms with Crippen molar-refractivity contribution in [2.75, 3.05) is 17.2 Å². The molecule has 3 aromatic rings. The summed E-state index contributed by atoms with van der Waals surface area (Å²) in [5.74, 6) is 3.39. The summed E-state index contributed by atoms with van der Waals surface area (Å²) in [6, 6.07) is 0. The van der Waals surface area contributed by atoms with Gasteiger partial charge in [-0.2, -0.15) is 0 Å². The van der Waals surface area contributed by atoms with Crippen molar-refractivity contribution in [1.29, 1.82) is 0 Å². The first-order valence-corrected chi connectivity index (χ1v) is 16.2. The Morgan fingerprint density at radius 3 is 1.64 bits per heavy atom. The molecule has 0 unspecified atom stereocenters. The second-order valence-electron chi connectivity index (χ2n) is 11.7. The molecular formula is C27H39B2Br2N10O2S. The fraction of sp³-hybridized carbons (Fsp3) is 0.556. The van der Waals surface area contributed by atoms with Gasteiger partial charge in [0.25, 0.3) is 0 Å². The summed E-state index contributed by atoms with van der Waals surface area (Å²) in [7, 11) is 4.40. The summed E-state index contributed by atoms with van der Waals surface area (Å²) < 4.78 is 15.8. The van der Waals surface area contributed by atoms with Gasteiger partial charge >= 0.3 is 31.9 Å². The second kappa shape index (κ2) is 16.4. The number of hydrogen-bond acceptors (Lipinski definition) is 13. The number of hydrogen-bond donors (Lipinski definition) is 4. The maximum atomic E-state index is 5.87. The zero-order valence-electron chi connectivity index (χ0n) is 25.4. The molecule has 4 aliphatic rings. The first-order valence-electron chi connectivity index (χ1n) is 14.2. The summed E-state index contributed by atoms with van der Waals surface area (Å²) in [4.78, 5) is 23.9. The van der Waals surface area contributed by atoms with Gasteiger partial charge in [0.1, 0.15) is 20.8 Å². The topological polar surface area (TPSA) is 186 Å². The molecule has 3 saturated carbocycles. The van der Waals surface area contributed by atoms with E-state index in [0.717, 1.165) is 11.4 Å². The van der Waals surface area contributed by atoms with Crippen molar-refractivity contribution < 1.29 is 9.31 Å². The molecule has 3 aromatic heterocycles. The van der Waals surface area contributed by atoms with Crippen molar-refractivity contribution in [2.45, 2.75) is 95.1 Å². The van der Waals surface area contributed by atoms with Gasteiger partial charge in [-0.1, -0.05) is 12.8 Å². The van der Waals surface area contributed by atoms with Crippen LogP contribution in [0.4, 0.5) is 17.5 Å². The molecule has 1 saturated heterocycles. The van der Waals surface area contributed by atoms with Gasteiger partial charge in [-0.25, -0.2) is 24.9 Å². The van der Waals surface area contributed by atoms with Crippen LogP contribution in [-0.4, -0.2) is 55.9 Å². The van der Waals surface area contributed by atoms with Crippen molar-refractivity contribution in [3.8, 4) is 0 Å². The Labute approximate surface area is 283 Å². The van der Waals surface area contributed by atoms with Gasteiger partial charge in [-0.3, -0.25) is 4.98 Å². The number of aromatic nitrogens is 6. The molecule has 1 radical (unpaired) electrons. The van der Waals surface area contributed by atoms with Gasteiger partial charge in [-0.15, -0.1) is 0 Å². The minimum atomic E-state index is -0.139. The third-order valence-corrected chi connectivity index (χ3v) is 8.37. The Morgan fingerprint density at radius 2 is 1.25 bits per heavy atom. The van der Waals surface area contributed by atoms with Crippen LogP contribution in [0.2, 0.25) is 5.82 Å². The van der Waals surface area contributed by atoms with Gasteiger partial charge in [0, 0.05) is 11.8 Å². The van der Waals surface area contributed by atoms with E-state index in [1.54, 1.807) is 24.8 Å². The van der Waals surface area contributed by atoms with Crippen molar-refractivity contribution in [3.63, 3.8) is 0 Å². The van der Waals surface area contributed by atoms with Crippen molar-refractivity contribution in [1.82, 2.24) is 29.9 Å². The Morgan fingerprint density at radius 1 is 0.773 bits per heavy atom. The Kier molecular flexibility index (Phi) is 13.5. The number of anilines is 3. The maximum absolute atomic E-state index is 5.87.